The van der Waals surface area contributed by atoms with E-state index in [0.29, 0.717) is 12.6 Å². The van der Waals surface area contributed by atoms with Crippen LogP contribution in [0.2, 0.25) is 0 Å². The topological polar surface area (TPSA) is 49.2 Å². The minimum atomic E-state index is -0.0172. The van der Waals surface area contributed by atoms with Crippen LogP contribution < -0.4 is 4.90 Å². The second kappa shape index (κ2) is 5.10. The van der Waals surface area contributed by atoms with Gasteiger partial charge in [-0.15, -0.1) is 0 Å². The van der Waals surface area contributed by atoms with Crippen LogP contribution in [-0.4, -0.2) is 33.7 Å². The molecule has 0 aliphatic heterocycles. The van der Waals surface area contributed by atoms with E-state index in [9.17, 15) is 0 Å². The summed E-state index contributed by atoms with van der Waals surface area (Å²) in [5.74, 6) is 0.871. The summed E-state index contributed by atoms with van der Waals surface area (Å²) in [5, 5.41) is 9.93. The van der Waals surface area contributed by atoms with Gasteiger partial charge >= 0.3 is 0 Å². The molecule has 5 heteroatoms. The molecule has 0 unspecified atom stereocenters. The first-order valence-corrected chi connectivity index (χ1v) is 6.35. The van der Waals surface area contributed by atoms with Crippen molar-refractivity contribution in [1.29, 1.82) is 0 Å². The minimum Gasteiger partial charge on any atom is -0.395 e. The van der Waals surface area contributed by atoms with E-state index in [0.717, 1.165) is 11.0 Å². The fourth-order valence-electron chi connectivity index (χ4n) is 1.32. The molecule has 1 aromatic heterocycles. The quantitative estimate of drug-likeness (QED) is 0.879. The van der Waals surface area contributed by atoms with Gasteiger partial charge in [-0.25, -0.2) is 4.98 Å². The summed E-state index contributed by atoms with van der Waals surface area (Å²) in [6.45, 7) is 11.2. The smallest absolute Gasteiger partial charge is 0.205 e. The third-order valence-corrected chi connectivity index (χ3v) is 3.05. The van der Waals surface area contributed by atoms with Crippen LogP contribution in [-0.2, 0) is 5.41 Å². The molecule has 0 aliphatic carbocycles. The first-order valence-electron chi connectivity index (χ1n) is 5.58. The van der Waals surface area contributed by atoms with Crippen LogP contribution in [0.5, 0.6) is 0 Å². The molecule has 0 amide bonds. The van der Waals surface area contributed by atoms with E-state index < -0.39 is 0 Å². The van der Waals surface area contributed by atoms with E-state index in [-0.39, 0.29) is 12.0 Å². The molecule has 1 N–H and O–H groups in total. The van der Waals surface area contributed by atoms with Crippen molar-refractivity contribution >= 4 is 16.7 Å². The predicted octanol–water partition coefficient (Wildman–Crippen LogP) is 2.04. The summed E-state index contributed by atoms with van der Waals surface area (Å²) >= 11 is 1.41. The molecule has 0 aliphatic rings. The molecule has 1 heterocycles. The van der Waals surface area contributed by atoms with Crippen LogP contribution in [0.4, 0.5) is 5.13 Å². The van der Waals surface area contributed by atoms with Gasteiger partial charge in [-0.1, -0.05) is 20.8 Å². The highest BCUT2D eigenvalue weighted by atomic mass is 32.1. The summed E-state index contributed by atoms with van der Waals surface area (Å²) in [6.07, 6.45) is 0. The van der Waals surface area contributed by atoms with Crippen LogP contribution in [0, 0.1) is 0 Å². The molecular formula is C11H21N3OS. The highest BCUT2D eigenvalue weighted by molar-refractivity contribution is 7.09. The zero-order chi connectivity index (χ0) is 12.3. The molecule has 0 fully saturated rings. The normalized spacial score (nSPS) is 12.2. The molecule has 0 aromatic carbocycles. The average molecular weight is 243 g/mol. The number of rotatable bonds is 4. The van der Waals surface area contributed by atoms with Crippen molar-refractivity contribution in [3.63, 3.8) is 0 Å². The van der Waals surface area contributed by atoms with Gasteiger partial charge in [0.1, 0.15) is 5.82 Å². The van der Waals surface area contributed by atoms with Crippen molar-refractivity contribution < 1.29 is 5.11 Å². The van der Waals surface area contributed by atoms with Crippen molar-refractivity contribution in [1.82, 2.24) is 9.36 Å². The Kier molecular flexibility index (Phi) is 4.27. The second-order valence-electron chi connectivity index (χ2n) is 5.16. The molecule has 0 radical (unpaired) electrons. The van der Waals surface area contributed by atoms with Crippen molar-refractivity contribution in [2.75, 3.05) is 18.1 Å². The molecule has 1 aromatic rings. The third-order valence-electron chi connectivity index (χ3n) is 2.30. The Balaban J connectivity index is 2.90. The van der Waals surface area contributed by atoms with E-state index >= 15 is 0 Å². The number of hydrogen-bond acceptors (Lipinski definition) is 5. The number of nitrogens with zero attached hydrogens (tertiary/aromatic N) is 3. The van der Waals surface area contributed by atoms with Gasteiger partial charge in [0, 0.05) is 29.5 Å². The van der Waals surface area contributed by atoms with Gasteiger partial charge in [-0.3, -0.25) is 0 Å². The molecule has 0 saturated heterocycles. The van der Waals surface area contributed by atoms with Gasteiger partial charge in [0.25, 0.3) is 0 Å². The Morgan fingerprint density at radius 3 is 2.38 bits per heavy atom. The molecule has 1 rings (SSSR count). The maximum Gasteiger partial charge on any atom is 0.205 e. The molecule has 16 heavy (non-hydrogen) atoms. The van der Waals surface area contributed by atoms with E-state index in [2.05, 4.69) is 48.9 Å². The lowest BCUT2D eigenvalue weighted by Crippen LogP contribution is -2.33. The van der Waals surface area contributed by atoms with Gasteiger partial charge in [0.05, 0.1) is 6.61 Å². The van der Waals surface area contributed by atoms with Crippen molar-refractivity contribution in [3.05, 3.63) is 5.82 Å². The molecule has 4 nitrogen and oxygen atoms in total. The van der Waals surface area contributed by atoms with Gasteiger partial charge in [0.2, 0.25) is 5.13 Å². The first-order chi connectivity index (χ1) is 7.36. The lowest BCUT2D eigenvalue weighted by Gasteiger charge is -2.24. The SMILES string of the molecule is CC(C)N(CCO)c1nc(C(C)(C)C)ns1. The third kappa shape index (κ3) is 3.15. The monoisotopic (exact) mass is 243 g/mol. The second-order valence-corrected chi connectivity index (χ2v) is 5.89. The number of aliphatic hydroxyl groups is 1. The van der Waals surface area contributed by atoms with E-state index in [1.54, 1.807) is 0 Å². The Morgan fingerprint density at radius 1 is 1.38 bits per heavy atom. The number of aromatic nitrogens is 2. The lowest BCUT2D eigenvalue weighted by atomic mass is 9.96. The van der Waals surface area contributed by atoms with E-state index in [1.807, 2.05) is 0 Å². The summed E-state index contributed by atoms with van der Waals surface area (Å²) in [5.41, 5.74) is -0.0172. The van der Waals surface area contributed by atoms with Crippen LogP contribution in [0.25, 0.3) is 0 Å². The maximum atomic E-state index is 9.03. The highest BCUT2D eigenvalue weighted by Gasteiger charge is 2.22. The molecule has 0 spiro atoms. The highest BCUT2D eigenvalue weighted by Crippen LogP contribution is 2.26. The van der Waals surface area contributed by atoms with E-state index in [4.69, 9.17) is 5.11 Å². The van der Waals surface area contributed by atoms with Gasteiger partial charge < -0.3 is 10.0 Å². The first kappa shape index (κ1) is 13.4. The zero-order valence-corrected chi connectivity index (χ0v) is 11.5. The zero-order valence-electron chi connectivity index (χ0n) is 10.7. The van der Waals surface area contributed by atoms with Crippen LogP contribution in [0.15, 0.2) is 0 Å². The fraction of sp³-hybridized carbons (Fsp3) is 0.818. The van der Waals surface area contributed by atoms with Crippen molar-refractivity contribution in [3.8, 4) is 0 Å². The Bertz CT molecular complexity index is 330. The minimum absolute atomic E-state index is 0.0172. The molecule has 0 atom stereocenters. The van der Waals surface area contributed by atoms with Crippen LogP contribution >= 0.6 is 11.5 Å². The predicted molar refractivity (Wildman–Crippen MR) is 68.2 cm³/mol. The molecule has 92 valence electrons. The average Bonchev–Trinajstić information content (AvgIpc) is 2.61. The Labute approximate surface area is 101 Å². The summed E-state index contributed by atoms with van der Waals surface area (Å²) < 4.78 is 4.38. The Morgan fingerprint density at radius 2 is 2.00 bits per heavy atom. The van der Waals surface area contributed by atoms with Gasteiger partial charge in [-0.2, -0.15) is 4.37 Å². The van der Waals surface area contributed by atoms with Gasteiger partial charge in [-0.05, 0) is 13.8 Å². The van der Waals surface area contributed by atoms with Crippen LogP contribution in [0.1, 0.15) is 40.4 Å². The summed E-state index contributed by atoms with van der Waals surface area (Å²) in [4.78, 5) is 6.62. The molecule has 0 bridgehead atoms. The Hall–Kier alpha value is -0.680. The molecule has 0 saturated carbocycles. The van der Waals surface area contributed by atoms with Crippen molar-refractivity contribution in [2.45, 2.75) is 46.1 Å². The van der Waals surface area contributed by atoms with Crippen molar-refractivity contribution in [2.24, 2.45) is 0 Å². The molecular weight excluding hydrogens is 222 g/mol. The van der Waals surface area contributed by atoms with E-state index in [1.165, 1.54) is 11.5 Å². The fourth-order valence-corrected chi connectivity index (χ4v) is 2.34. The largest absolute Gasteiger partial charge is 0.395 e. The standard InChI is InChI=1S/C11H21N3OS/c1-8(2)14(6-7-15)10-12-9(13-16-10)11(3,4)5/h8,15H,6-7H2,1-5H3. The number of anilines is 1. The lowest BCUT2D eigenvalue weighted by molar-refractivity contribution is 0.299. The van der Waals surface area contributed by atoms with Crippen LogP contribution in [0.3, 0.4) is 0 Å². The van der Waals surface area contributed by atoms with Gasteiger partial charge in [0.15, 0.2) is 0 Å². The summed E-state index contributed by atoms with van der Waals surface area (Å²) in [7, 11) is 0. The number of hydrogen-bond donors (Lipinski definition) is 1. The summed E-state index contributed by atoms with van der Waals surface area (Å²) in [6, 6.07) is 0.327. The maximum absolute atomic E-state index is 9.03. The number of aliphatic hydroxyl groups excluding tert-OH is 1.